The maximum Gasteiger partial charge on any atom is 0.0366 e. The van der Waals surface area contributed by atoms with Crippen LogP contribution in [0.15, 0.2) is 56.3 Å². The Bertz CT molecular complexity index is 747. The molecule has 0 bridgehead atoms. The highest BCUT2D eigenvalue weighted by atomic mass is 79.9. The molecular formula is C15H10Br2S2. The van der Waals surface area contributed by atoms with E-state index in [9.17, 15) is 0 Å². The second-order valence-electron chi connectivity index (χ2n) is 4.14. The Labute approximate surface area is 137 Å². The molecule has 0 nitrogen and oxygen atoms in total. The molecule has 1 heterocycles. The van der Waals surface area contributed by atoms with E-state index in [1.165, 1.54) is 25.4 Å². The molecule has 0 atom stereocenters. The van der Waals surface area contributed by atoms with Crippen molar-refractivity contribution in [2.45, 2.75) is 4.90 Å². The fraction of sp³-hybridized carbons (Fsp3) is 0.0667. The normalized spacial score (nSPS) is 11.1. The Morgan fingerprint density at radius 3 is 2.47 bits per heavy atom. The third-order valence-electron chi connectivity index (χ3n) is 2.91. The SMILES string of the molecule is CSc1cc(Br)ccc1-c1cc2ccc(Br)cc2s1. The van der Waals surface area contributed by atoms with Gasteiger partial charge in [0.05, 0.1) is 0 Å². The minimum atomic E-state index is 1.13. The fourth-order valence-electron chi connectivity index (χ4n) is 2.01. The van der Waals surface area contributed by atoms with E-state index in [-0.39, 0.29) is 0 Å². The molecule has 0 unspecified atom stereocenters. The van der Waals surface area contributed by atoms with Crippen molar-refractivity contribution in [1.29, 1.82) is 0 Å². The van der Waals surface area contributed by atoms with Gasteiger partial charge < -0.3 is 0 Å². The maximum atomic E-state index is 3.54. The van der Waals surface area contributed by atoms with Gasteiger partial charge in [0.2, 0.25) is 0 Å². The number of rotatable bonds is 2. The molecule has 19 heavy (non-hydrogen) atoms. The van der Waals surface area contributed by atoms with E-state index >= 15 is 0 Å². The standard InChI is InChI=1S/C15H10Br2S2/c1-18-14-8-11(17)4-5-12(14)15-6-9-2-3-10(16)7-13(9)19-15/h2-8H,1H3. The summed E-state index contributed by atoms with van der Waals surface area (Å²) < 4.78 is 3.58. The highest BCUT2D eigenvalue weighted by molar-refractivity contribution is 9.10. The van der Waals surface area contributed by atoms with Crippen LogP contribution in [0.25, 0.3) is 20.5 Å². The summed E-state index contributed by atoms with van der Waals surface area (Å²) in [6.07, 6.45) is 2.12. The second kappa shape index (κ2) is 5.60. The highest BCUT2D eigenvalue weighted by Crippen LogP contribution is 2.39. The molecule has 3 aromatic rings. The Morgan fingerprint density at radius 1 is 0.947 bits per heavy atom. The molecule has 0 aliphatic rings. The first kappa shape index (κ1) is 13.7. The zero-order chi connectivity index (χ0) is 13.4. The smallest absolute Gasteiger partial charge is 0.0366 e. The molecule has 0 radical (unpaired) electrons. The lowest BCUT2D eigenvalue weighted by atomic mass is 10.1. The minimum Gasteiger partial charge on any atom is -0.135 e. The van der Waals surface area contributed by atoms with Crippen molar-refractivity contribution in [2.24, 2.45) is 0 Å². The van der Waals surface area contributed by atoms with Gasteiger partial charge in [-0.2, -0.15) is 0 Å². The van der Waals surface area contributed by atoms with Crippen LogP contribution >= 0.6 is 55.0 Å². The van der Waals surface area contributed by atoms with Crippen LogP contribution in [0, 0.1) is 0 Å². The number of halogens is 2. The number of thioether (sulfide) groups is 1. The van der Waals surface area contributed by atoms with E-state index in [0.29, 0.717) is 0 Å². The van der Waals surface area contributed by atoms with Crippen molar-refractivity contribution < 1.29 is 0 Å². The molecule has 0 aliphatic carbocycles. The van der Waals surface area contributed by atoms with E-state index < -0.39 is 0 Å². The van der Waals surface area contributed by atoms with E-state index in [4.69, 9.17) is 0 Å². The third kappa shape index (κ3) is 2.77. The molecule has 0 N–H and O–H groups in total. The van der Waals surface area contributed by atoms with Crippen LogP contribution in [0.2, 0.25) is 0 Å². The summed E-state index contributed by atoms with van der Waals surface area (Å²) in [7, 11) is 0. The Hall–Kier alpha value is -0.290. The van der Waals surface area contributed by atoms with Gasteiger partial charge in [0.1, 0.15) is 0 Å². The van der Waals surface area contributed by atoms with Crippen LogP contribution < -0.4 is 0 Å². The van der Waals surface area contributed by atoms with Crippen LogP contribution in [-0.4, -0.2) is 6.26 Å². The summed E-state index contributed by atoms with van der Waals surface area (Å²) in [6.45, 7) is 0. The van der Waals surface area contributed by atoms with Crippen molar-refractivity contribution >= 4 is 65.0 Å². The second-order valence-corrected chi connectivity index (χ2v) is 7.90. The summed E-state index contributed by atoms with van der Waals surface area (Å²) >= 11 is 10.7. The first-order chi connectivity index (χ1) is 9.17. The van der Waals surface area contributed by atoms with Crippen LogP contribution in [0.5, 0.6) is 0 Å². The largest absolute Gasteiger partial charge is 0.135 e. The first-order valence-corrected chi connectivity index (χ1v) is 9.33. The van der Waals surface area contributed by atoms with Crippen molar-refractivity contribution in [1.82, 2.24) is 0 Å². The summed E-state index contributed by atoms with van der Waals surface area (Å²) in [5.74, 6) is 0. The average molecular weight is 414 g/mol. The van der Waals surface area contributed by atoms with Gasteiger partial charge in [-0.1, -0.05) is 44.0 Å². The van der Waals surface area contributed by atoms with Crippen molar-refractivity contribution in [2.75, 3.05) is 6.26 Å². The average Bonchev–Trinajstić information content (AvgIpc) is 2.81. The zero-order valence-corrected chi connectivity index (χ0v) is 14.9. The number of hydrogen-bond donors (Lipinski definition) is 0. The molecule has 0 aliphatic heterocycles. The molecule has 0 fully saturated rings. The molecule has 0 saturated carbocycles. The highest BCUT2D eigenvalue weighted by Gasteiger charge is 2.09. The molecule has 0 saturated heterocycles. The Balaban J connectivity index is 2.18. The van der Waals surface area contributed by atoms with E-state index in [0.717, 1.165) is 8.95 Å². The molecule has 2 aromatic carbocycles. The quantitative estimate of drug-likeness (QED) is 0.415. The van der Waals surface area contributed by atoms with Crippen LogP contribution in [0.3, 0.4) is 0 Å². The van der Waals surface area contributed by atoms with Gasteiger partial charge in [-0.25, -0.2) is 0 Å². The molecule has 4 heteroatoms. The summed E-state index contributed by atoms with van der Waals surface area (Å²) in [5, 5.41) is 1.30. The van der Waals surface area contributed by atoms with Gasteiger partial charge in [-0.05, 0) is 42.0 Å². The fourth-order valence-corrected chi connectivity index (χ4v) is 4.88. The first-order valence-electron chi connectivity index (χ1n) is 5.70. The predicted molar refractivity (Wildman–Crippen MR) is 94.4 cm³/mol. The number of thiophene rings is 1. The minimum absolute atomic E-state index is 1.13. The number of benzene rings is 2. The summed E-state index contributed by atoms with van der Waals surface area (Å²) in [6, 6.07) is 15.2. The van der Waals surface area contributed by atoms with Gasteiger partial charge >= 0.3 is 0 Å². The van der Waals surface area contributed by atoms with Crippen LogP contribution in [0.1, 0.15) is 0 Å². The molecule has 0 spiro atoms. The molecule has 1 aromatic heterocycles. The van der Waals surface area contributed by atoms with E-state index in [1.54, 1.807) is 11.8 Å². The molecular weight excluding hydrogens is 404 g/mol. The number of fused-ring (bicyclic) bond motifs is 1. The maximum absolute atomic E-state index is 3.54. The molecule has 3 rings (SSSR count). The van der Waals surface area contributed by atoms with Crippen molar-refractivity contribution in [3.8, 4) is 10.4 Å². The summed E-state index contributed by atoms with van der Waals surface area (Å²) in [5.41, 5.74) is 1.31. The topological polar surface area (TPSA) is 0 Å². The Morgan fingerprint density at radius 2 is 1.68 bits per heavy atom. The van der Waals surface area contributed by atoms with Gasteiger partial charge in [0.25, 0.3) is 0 Å². The monoisotopic (exact) mass is 412 g/mol. The lowest BCUT2D eigenvalue weighted by Crippen LogP contribution is -1.78. The van der Waals surface area contributed by atoms with Gasteiger partial charge in [0, 0.05) is 29.0 Å². The van der Waals surface area contributed by atoms with Crippen LogP contribution in [-0.2, 0) is 0 Å². The van der Waals surface area contributed by atoms with Gasteiger partial charge in [-0.15, -0.1) is 23.1 Å². The van der Waals surface area contributed by atoms with E-state index in [1.807, 2.05) is 11.3 Å². The lowest BCUT2D eigenvalue weighted by molar-refractivity contribution is 1.45. The Kier molecular flexibility index (Phi) is 4.03. The van der Waals surface area contributed by atoms with Crippen molar-refractivity contribution in [3.05, 3.63) is 51.4 Å². The predicted octanol–water partition coefficient (Wildman–Crippen LogP) is 6.82. The van der Waals surface area contributed by atoms with Crippen LogP contribution in [0.4, 0.5) is 0 Å². The van der Waals surface area contributed by atoms with Gasteiger partial charge in [0.15, 0.2) is 0 Å². The summed E-state index contributed by atoms with van der Waals surface area (Å²) in [4.78, 5) is 2.63. The lowest BCUT2D eigenvalue weighted by Gasteiger charge is -2.05. The van der Waals surface area contributed by atoms with Gasteiger partial charge in [-0.3, -0.25) is 0 Å². The van der Waals surface area contributed by atoms with E-state index in [2.05, 4.69) is 80.6 Å². The number of hydrogen-bond acceptors (Lipinski definition) is 2. The molecule has 96 valence electrons. The molecule has 0 amide bonds. The van der Waals surface area contributed by atoms with Crippen molar-refractivity contribution in [3.63, 3.8) is 0 Å². The third-order valence-corrected chi connectivity index (χ3v) is 5.81. The zero-order valence-electron chi connectivity index (χ0n) is 10.1.